The van der Waals surface area contributed by atoms with E-state index in [-0.39, 0.29) is 4.90 Å². The van der Waals surface area contributed by atoms with Crippen LogP contribution in [-0.2, 0) is 14.8 Å². The number of amides is 1. The average Bonchev–Trinajstić information content (AvgIpc) is 3.21. The number of nitrogens with zero attached hydrogens (tertiary/aromatic N) is 1. The monoisotopic (exact) mass is 561 g/mol. The van der Waals surface area contributed by atoms with Crippen molar-refractivity contribution in [2.75, 3.05) is 6.54 Å². The number of hydrogen-bond acceptors (Lipinski definition) is 7. The van der Waals surface area contributed by atoms with Crippen LogP contribution in [0.25, 0.3) is 10.1 Å². The summed E-state index contributed by atoms with van der Waals surface area (Å²) < 4.78 is 32.9. The highest BCUT2D eigenvalue weighted by Gasteiger charge is 2.19. The highest BCUT2D eigenvalue weighted by Crippen LogP contribution is 2.35. The lowest BCUT2D eigenvalue weighted by Crippen LogP contribution is -2.34. The van der Waals surface area contributed by atoms with Crippen LogP contribution in [0, 0.1) is 0 Å². The summed E-state index contributed by atoms with van der Waals surface area (Å²) in [6.45, 7) is -0.503. The topological polar surface area (TPSA) is 114 Å². The van der Waals surface area contributed by atoms with Gasteiger partial charge in [-0.05, 0) is 60.2 Å². The number of sulfonamides is 1. The van der Waals surface area contributed by atoms with Gasteiger partial charge in [0.2, 0.25) is 10.0 Å². The van der Waals surface area contributed by atoms with E-state index >= 15 is 0 Å². The van der Waals surface area contributed by atoms with E-state index in [1.165, 1.54) is 41.8 Å². The first-order valence-corrected chi connectivity index (χ1v) is 13.3. The Balaban J connectivity index is 1.29. The van der Waals surface area contributed by atoms with Gasteiger partial charge in [-0.2, -0.15) is 5.10 Å². The number of rotatable bonds is 8. The second-order valence-electron chi connectivity index (χ2n) is 7.27. The van der Waals surface area contributed by atoms with E-state index in [0.29, 0.717) is 26.2 Å². The summed E-state index contributed by atoms with van der Waals surface area (Å²) in [7, 11) is -3.87. The van der Waals surface area contributed by atoms with Gasteiger partial charge >= 0.3 is 5.97 Å². The maximum absolute atomic E-state index is 12.5. The second-order valence-corrected chi connectivity index (χ2v) is 10.9. The maximum atomic E-state index is 12.5. The third-order valence-corrected chi connectivity index (χ3v) is 8.09. The van der Waals surface area contributed by atoms with Gasteiger partial charge in [-0.3, -0.25) is 4.79 Å². The van der Waals surface area contributed by atoms with E-state index in [0.717, 1.165) is 10.1 Å². The molecule has 12 heteroatoms. The number of thiophene rings is 1. The van der Waals surface area contributed by atoms with Crippen molar-refractivity contribution >= 4 is 72.7 Å². The first-order chi connectivity index (χ1) is 17.2. The van der Waals surface area contributed by atoms with Crippen LogP contribution in [0.2, 0.25) is 10.0 Å². The molecule has 0 unspecified atom stereocenters. The SMILES string of the molecule is O=C(CNS(=O)(=O)c1ccc(Cl)cc1)NN=Cc1ccc(OC(=O)c2sc3ccccc3c2Cl)cc1. The first-order valence-electron chi connectivity index (χ1n) is 10.3. The first kappa shape index (κ1) is 25.8. The number of carbonyl (C=O) groups is 2. The molecular formula is C24H17Cl2N3O5S2. The highest BCUT2D eigenvalue weighted by molar-refractivity contribution is 7.89. The van der Waals surface area contributed by atoms with Crippen LogP contribution < -0.4 is 14.9 Å². The molecule has 0 spiro atoms. The van der Waals surface area contributed by atoms with E-state index in [4.69, 9.17) is 27.9 Å². The second kappa shape index (κ2) is 11.2. The third kappa shape index (κ3) is 6.28. The summed E-state index contributed by atoms with van der Waals surface area (Å²) in [4.78, 5) is 24.8. The smallest absolute Gasteiger partial charge is 0.355 e. The average molecular weight is 562 g/mol. The van der Waals surface area contributed by atoms with Crippen molar-refractivity contribution in [2.45, 2.75) is 4.90 Å². The highest BCUT2D eigenvalue weighted by atomic mass is 35.5. The largest absolute Gasteiger partial charge is 0.422 e. The van der Waals surface area contributed by atoms with Crippen molar-refractivity contribution < 1.29 is 22.7 Å². The van der Waals surface area contributed by atoms with Gasteiger partial charge in [0.05, 0.1) is 22.7 Å². The van der Waals surface area contributed by atoms with E-state index in [1.807, 2.05) is 24.3 Å². The third-order valence-electron chi connectivity index (χ3n) is 4.76. The van der Waals surface area contributed by atoms with Crippen molar-refractivity contribution in [3.8, 4) is 5.75 Å². The molecule has 0 aliphatic heterocycles. The van der Waals surface area contributed by atoms with E-state index < -0.39 is 28.4 Å². The number of carbonyl (C=O) groups excluding carboxylic acids is 2. The predicted molar refractivity (Wildman–Crippen MR) is 141 cm³/mol. The molecule has 4 rings (SSSR count). The van der Waals surface area contributed by atoms with Crippen LogP contribution in [-0.4, -0.2) is 33.1 Å². The zero-order valence-corrected chi connectivity index (χ0v) is 21.4. The van der Waals surface area contributed by atoms with Crippen molar-refractivity contribution in [1.82, 2.24) is 10.1 Å². The fourth-order valence-corrected chi connectivity index (χ4v) is 5.49. The molecule has 2 N–H and O–H groups in total. The predicted octanol–water partition coefficient (Wildman–Crippen LogP) is 4.86. The summed E-state index contributed by atoms with van der Waals surface area (Å²) in [5.41, 5.74) is 2.84. The lowest BCUT2D eigenvalue weighted by molar-refractivity contribution is -0.119. The number of halogens is 2. The summed E-state index contributed by atoms with van der Waals surface area (Å²) in [5.74, 6) is -0.906. The number of hydrogen-bond donors (Lipinski definition) is 2. The molecule has 4 aromatic rings. The Morgan fingerprint density at radius 3 is 2.36 bits per heavy atom. The summed E-state index contributed by atoms with van der Waals surface area (Å²) in [5, 5.41) is 5.35. The molecule has 0 radical (unpaired) electrons. The van der Waals surface area contributed by atoms with Gasteiger partial charge in [0.15, 0.2) is 0 Å². The minimum Gasteiger partial charge on any atom is -0.422 e. The minimum atomic E-state index is -3.87. The summed E-state index contributed by atoms with van der Waals surface area (Å²) in [6, 6.07) is 19.4. The molecule has 36 heavy (non-hydrogen) atoms. The fourth-order valence-electron chi connectivity index (χ4n) is 3.00. The number of hydrazone groups is 1. The van der Waals surface area contributed by atoms with Crippen molar-refractivity contribution in [3.05, 3.63) is 93.3 Å². The van der Waals surface area contributed by atoms with Crippen LogP contribution in [0.3, 0.4) is 0 Å². The number of nitrogens with one attached hydrogen (secondary N) is 2. The van der Waals surface area contributed by atoms with Crippen molar-refractivity contribution in [2.24, 2.45) is 5.10 Å². The van der Waals surface area contributed by atoms with Crippen LogP contribution >= 0.6 is 34.5 Å². The molecule has 1 heterocycles. The van der Waals surface area contributed by atoms with Gasteiger partial charge in [-0.1, -0.05) is 41.4 Å². The molecule has 0 bridgehead atoms. The van der Waals surface area contributed by atoms with E-state index in [1.54, 1.807) is 24.3 Å². The molecule has 8 nitrogen and oxygen atoms in total. The molecule has 0 atom stereocenters. The molecule has 0 fully saturated rings. The lowest BCUT2D eigenvalue weighted by Gasteiger charge is -2.06. The molecule has 0 saturated carbocycles. The standard InChI is InChI=1S/C24H17Cl2N3O5S2/c25-16-7-11-18(12-8-16)36(32,33)28-14-21(30)29-27-13-15-5-9-17(10-6-15)34-24(31)23-22(26)19-3-1-2-4-20(19)35-23/h1-13,28H,14H2,(H,29,30). The van der Waals surface area contributed by atoms with Gasteiger partial charge in [0, 0.05) is 15.1 Å². The number of ether oxygens (including phenoxy) is 1. The van der Waals surface area contributed by atoms with Gasteiger partial charge < -0.3 is 4.74 Å². The van der Waals surface area contributed by atoms with Gasteiger partial charge in [-0.15, -0.1) is 11.3 Å². The van der Waals surface area contributed by atoms with Crippen LogP contribution in [0.15, 0.2) is 82.8 Å². The Morgan fingerprint density at radius 1 is 0.972 bits per heavy atom. The Morgan fingerprint density at radius 2 is 1.67 bits per heavy atom. The normalized spacial score (nSPS) is 11.6. The molecule has 3 aromatic carbocycles. The molecule has 0 aliphatic carbocycles. The molecule has 0 aliphatic rings. The van der Waals surface area contributed by atoms with Crippen LogP contribution in [0.1, 0.15) is 15.2 Å². The Labute approximate surface area is 220 Å². The summed E-state index contributed by atoms with van der Waals surface area (Å²) in [6.07, 6.45) is 1.36. The van der Waals surface area contributed by atoms with E-state index in [2.05, 4.69) is 15.2 Å². The molecule has 1 aromatic heterocycles. The summed E-state index contributed by atoms with van der Waals surface area (Å²) >= 11 is 13.3. The van der Waals surface area contributed by atoms with Crippen molar-refractivity contribution in [1.29, 1.82) is 0 Å². The van der Waals surface area contributed by atoms with Crippen molar-refractivity contribution in [3.63, 3.8) is 0 Å². The quantitative estimate of drug-likeness (QED) is 0.138. The Bertz CT molecular complexity index is 1550. The zero-order valence-electron chi connectivity index (χ0n) is 18.3. The Hall–Kier alpha value is -3.28. The van der Waals surface area contributed by atoms with Crippen LogP contribution in [0.4, 0.5) is 0 Å². The molecule has 184 valence electrons. The van der Waals surface area contributed by atoms with Gasteiger partial charge in [0.1, 0.15) is 10.6 Å². The zero-order chi connectivity index (χ0) is 25.7. The molecule has 0 saturated heterocycles. The minimum absolute atomic E-state index is 0.0152. The van der Waals surface area contributed by atoms with Crippen LogP contribution in [0.5, 0.6) is 5.75 Å². The Kier molecular flexibility index (Phi) is 8.02. The number of esters is 1. The molecule has 1 amide bonds. The maximum Gasteiger partial charge on any atom is 0.355 e. The fraction of sp³-hybridized carbons (Fsp3) is 0.0417. The van der Waals surface area contributed by atoms with Gasteiger partial charge in [0.25, 0.3) is 5.91 Å². The van der Waals surface area contributed by atoms with Gasteiger partial charge in [-0.25, -0.2) is 23.4 Å². The number of fused-ring (bicyclic) bond motifs is 1. The lowest BCUT2D eigenvalue weighted by atomic mass is 10.2. The van der Waals surface area contributed by atoms with E-state index in [9.17, 15) is 18.0 Å². The molecular weight excluding hydrogens is 545 g/mol. The number of benzene rings is 3.